The molecule has 0 radical (unpaired) electrons. The van der Waals surface area contributed by atoms with E-state index in [0.29, 0.717) is 5.01 Å². The van der Waals surface area contributed by atoms with Crippen molar-refractivity contribution < 1.29 is 18.3 Å². The summed E-state index contributed by atoms with van der Waals surface area (Å²) in [5.74, 6) is -1.75. The van der Waals surface area contributed by atoms with Crippen LogP contribution in [0, 0.1) is 18.8 Å². The van der Waals surface area contributed by atoms with E-state index in [9.17, 15) is 13.2 Å². The molecule has 0 bridgehead atoms. The molecule has 100 valence electrons. The molecule has 0 aromatic carbocycles. The molecule has 2 unspecified atom stereocenters. The molecule has 2 rings (SSSR count). The van der Waals surface area contributed by atoms with Gasteiger partial charge in [0.25, 0.3) is 10.0 Å². The van der Waals surface area contributed by atoms with E-state index in [-0.39, 0.29) is 23.2 Å². The molecule has 0 saturated carbocycles. The van der Waals surface area contributed by atoms with Crippen LogP contribution in [0.2, 0.25) is 0 Å². The van der Waals surface area contributed by atoms with E-state index in [2.05, 4.69) is 4.98 Å². The predicted molar refractivity (Wildman–Crippen MR) is 65.9 cm³/mol. The lowest BCUT2D eigenvalue weighted by Gasteiger charge is -2.13. The predicted octanol–water partition coefficient (Wildman–Crippen LogP) is 0.793. The van der Waals surface area contributed by atoms with Gasteiger partial charge in [0.1, 0.15) is 0 Å². The Hall–Kier alpha value is -0.990. The zero-order chi connectivity index (χ0) is 13.5. The number of sulfonamides is 1. The number of carboxylic acids is 1. The summed E-state index contributed by atoms with van der Waals surface area (Å²) in [6.07, 6.45) is 1.33. The van der Waals surface area contributed by atoms with Crippen molar-refractivity contribution in [2.75, 3.05) is 13.1 Å². The quantitative estimate of drug-likeness (QED) is 0.889. The Bertz CT molecular complexity index is 566. The van der Waals surface area contributed by atoms with Crippen molar-refractivity contribution in [1.29, 1.82) is 0 Å². The van der Waals surface area contributed by atoms with E-state index in [0.717, 1.165) is 11.3 Å². The van der Waals surface area contributed by atoms with Gasteiger partial charge in [-0.25, -0.2) is 13.4 Å². The monoisotopic (exact) mass is 290 g/mol. The Kier molecular flexibility index (Phi) is 3.43. The molecule has 8 heteroatoms. The van der Waals surface area contributed by atoms with Gasteiger partial charge in [0, 0.05) is 13.1 Å². The van der Waals surface area contributed by atoms with Gasteiger partial charge in [-0.15, -0.1) is 11.3 Å². The summed E-state index contributed by atoms with van der Waals surface area (Å²) in [7, 11) is -3.59. The van der Waals surface area contributed by atoms with Crippen LogP contribution >= 0.6 is 11.3 Å². The largest absolute Gasteiger partial charge is 0.481 e. The van der Waals surface area contributed by atoms with Crippen molar-refractivity contribution in [3.05, 3.63) is 11.2 Å². The molecule has 0 amide bonds. The molecular weight excluding hydrogens is 276 g/mol. The highest BCUT2D eigenvalue weighted by atomic mass is 32.2. The number of hydrogen-bond acceptors (Lipinski definition) is 5. The zero-order valence-corrected chi connectivity index (χ0v) is 11.7. The van der Waals surface area contributed by atoms with Crippen molar-refractivity contribution in [2.24, 2.45) is 11.8 Å². The minimum absolute atomic E-state index is 0.0375. The number of carboxylic acid groups (broad SMARTS) is 1. The molecule has 1 saturated heterocycles. The second-order valence-electron chi connectivity index (χ2n) is 4.44. The number of thiazole rings is 1. The van der Waals surface area contributed by atoms with Gasteiger partial charge in [0.15, 0.2) is 4.21 Å². The molecule has 1 aromatic heterocycles. The van der Waals surface area contributed by atoms with Gasteiger partial charge in [-0.05, 0) is 12.8 Å². The van der Waals surface area contributed by atoms with Gasteiger partial charge in [-0.1, -0.05) is 6.92 Å². The summed E-state index contributed by atoms with van der Waals surface area (Å²) < 4.78 is 25.9. The molecule has 1 fully saturated rings. The summed E-state index contributed by atoms with van der Waals surface area (Å²) in [6, 6.07) is 0. The highest BCUT2D eigenvalue weighted by Gasteiger charge is 2.41. The lowest BCUT2D eigenvalue weighted by atomic mass is 9.99. The number of rotatable bonds is 3. The minimum Gasteiger partial charge on any atom is -0.481 e. The van der Waals surface area contributed by atoms with Crippen molar-refractivity contribution in [2.45, 2.75) is 18.1 Å². The number of carbonyl (C=O) groups is 1. The zero-order valence-electron chi connectivity index (χ0n) is 10.0. The Morgan fingerprint density at radius 3 is 2.67 bits per heavy atom. The third-order valence-corrected chi connectivity index (χ3v) is 6.27. The molecule has 0 spiro atoms. The molecular formula is C10H14N2O4S2. The van der Waals surface area contributed by atoms with E-state index in [1.165, 1.54) is 10.5 Å². The van der Waals surface area contributed by atoms with Crippen LogP contribution in [0.15, 0.2) is 10.4 Å². The minimum atomic E-state index is -3.59. The van der Waals surface area contributed by atoms with E-state index >= 15 is 0 Å². The highest BCUT2D eigenvalue weighted by Crippen LogP contribution is 2.30. The average molecular weight is 290 g/mol. The summed E-state index contributed by atoms with van der Waals surface area (Å²) in [4.78, 5) is 14.9. The maximum atomic E-state index is 12.3. The number of hydrogen-bond donors (Lipinski definition) is 1. The molecule has 2 heterocycles. The Balaban J connectivity index is 2.26. The number of aromatic nitrogens is 1. The van der Waals surface area contributed by atoms with Gasteiger partial charge < -0.3 is 5.11 Å². The van der Waals surface area contributed by atoms with E-state index in [4.69, 9.17) is 5.11 Å². The van der Waals surface area contributed by atoms with Crippen molar-refractivity contribution in [1.82, 2.24) is 9.29 Å². The van der Waals surface area contributed by atoms with Crippen molar-refractivity contribution >= 4 is 27.3 Å². The Labute approximate surface area is 109 Å². The van der Waals surface area contributed by atoms with Crippen molar-refractivity contribution in [3.8, 4) is 0 Å². The van der Waals surface area contributed by atoms with Crippen LogP contribution < -0.4 is 0 Å². The first-order valence-corrected chi connectivity index (χ1v) is 7.73. The maximum absolute atomic E-state index is 12.3. The third kappa shape index (κ3) is 2.27. The van der Waals surface area contributed by atoms with Crippen LogP contribution in [0.25, 0.3) is 0 Å². The van der Waals surface area contributed by atoms with Crippen LogP contribution in [-0.4, -0.2) is 41.9 Å². The van der Waals surface area contributed by atoms with Gasteiger partial charge in [0.2, 0.25) is 0 Å². The first-order valence-electron chi connectivity index (χ1n) is 5.47. The molecule has 0 aliphatic carbocycles. The Morgan fingerprint density at radius 2 is 2.22 bits per heavy atom. The summed E-state index contributed by atoms with van der Waals surface area (Å²) in [5.41, 5.74) is 0. The summed E-state index contributed by atoms with van der Waals surface area (Å²) in [5, 5.41) is 9.69. The fraction of sp³-hybridized carbons (Fsp3) is 0.600. The molecule has 2 atom stereocenters. The molecule has 6 nitrogen and oxygen atoms in total. The summed E-state index contributed by atoms with van der Waals surface area (Å²) in [6.45, 7) is 3.77. The number of nitrogens with zero attached hydrogens (tertiary/aromatic N) is 2. The first-order chi connectivity index (χ1) is 8.32. The lowest BCUT2D eigenvalue weighted by Crippen LogP contribution is -2.29. The van der Waals surface area contributed by atoms with Crippen LogP contribution in [-0.2, 0) is 14.8 Å². The van der Waals surface area contributed by atoms with Crippen LogP contribution in [0.5, 0.6) is 0 Å². The number of aliphatic carboxylic acids is 1. The summed E-state index contributed by atoms with van der Waals surface area (Å²) >= 11 is 1.10. The van der Waals surface area contributed by atoms with Crippen molar-refractivity contribution in [3.63, 3.8) is 0 Å². The molecule has 1 N–H and O–H groups in total. The number of aryl methyl sites for hydroxylation is 1. The van der Waals surface area contributed by atoms with Gasteiger partial charge >= 0.3 is 5.97 Å². The molecule has 1 aliphatic rings. The molecule has 1 aromatic rings. The van der Waals surface area contributed by atoms with Gasteiger partial charge in [-0.3, -0.25) is 4.79 Å². The maximum Gasteiger partial charge on any atom is 0.308 e. The second kappa shape index (κ2) is 4.60. The molecule has 1 aliphatic heterocycles. The standard InChI is InChI=1S/C10H14N2O4S2/c1-6-4-12(5-8(6)10(13)14)18(15,16)9-3-11-7(2)17-9/h3,6,8H,4-5H2,1-2H3,(H,13,14). The first kappa shape index (κ1) is 13.4. The van der Waals surface area contributed by atoms with Gasteiger partial charge in [-0.2, -0.15) is 4.31 Å². The lowest BCUT2D eigenvalue weighted by molar-refractivity contribution is -0.142. The van der Waals surface area contributed by atoms with Crippen LogP contribution in [0.3, 0.4) is 0 Å². The third-order valence-electron chi connectivity index (χ3n) is 3.09. The normalized spacial score (nSPS) is 25.4. The average Bonchev–Trinajstić information content (AvgIpc) is 2.84. The highest BCUT2D eigenvalue weighted by molar-refractivity contribution is 7.91. The fourth-order valence-electron chi connectivity index (χ4n) is 2.03. The Morgan fingerprint density at radius 1 is 1.56 bits per heavy atom. The molecule has 18 heavy (non-hydrogen) atoms. The van der Waals surface area contributed by atoms with Gasteiger partial charge in [0.05, 0.1) is 17.1 Å². The van der Waals surface area contributed by atoms with E-state index < -0.39 is 21.9 Å². The van der Waals surface area contributed by atoms with E-state index in [1.54, 1.807) is 13.8 Å². The topological polar surface area (TPSA) is 87.6 Å². The fourth-order valence-corrected chi connectivity index (χ4v) is 4.86. The van der Waals surface area contributed by atoms with Crippen LogP contribution in [0.4, 0.5) is 0 Å². The van der Waals surface area contributed by atoms with Crippen LogP contribution in [0.1, 0.15) is 11.9 Å². The van der Waals surface area contributed by atoms with E-state index in [1.807, 2.05) is 0 Å². The smallest absolute Gasteiger partial charge is 0.308 e. The second-order valence-corrected chi connectivity index (χ2v) is 7.84. The SMILES string of the molecule is Cc1ncc(S(=O)(=O)N2CC(C)C(C(=O)O)C2)s1.